The summed E-state index contributed by atoms with van der Waals surface area (Å²) in [6.45, 7) is 10.2. The third kappa shape index (κ3) is 7.27. The second-order valence-electron chi connectivity index (χ2n) is 5.95. The number of hydrogen-bond acceptors (Lipinski definition) is 5. The molecule has 0 fully saturated rings. The van der Waals surface area contributed by atoms with Crippen molar-refractivity contribution in [3.8, 4) is 0 Å². The zero-order valence-corrected chi connectivity index (χ0v) is 15.4. The Kier molecular flexibility index (Phi) is 7.04. The minimum absolute atomic E-state index is 0.154. The molecule has 27 heavy (non-hydrogen) atoms. The summed E-state index contributed by atoms with van der Waals surface area (Å²) in [6, 6.07) is 7.64. The van der Waals surface area contributed by atoms with Crippen molar-refractivity contribution >= 4 is 17.6 Å². The third-order valence-corrected chi connectivity index (χ3v) is 3.13. The first kappa shape index (κ1) is 20.1. The highest BCUT2D eigenvalue weighted by molar-refractivity contribution is 5.95. The Morgan fingerprint density at radius 3 is 2.00 bits per heavy atom. The van der Waals surface area contributed by atoms with Crippen LogP contribution in [0.1, 0.15) is 31.9 Å². The molecule has 0 radical (unpaired) electrons. The van der Waals surface area contributed by atoms with E-state index in [0.717, 1.165) is 16.8 Å². The Morgan fingerprint density at radius 1 is 0.926 bits per heavy atom. The van der Waals surface area contributed by atoms with E-state index in [1.165, 1.54) is 0 Å². The number of aliphatic imine (C=N–C) groups is 2. The maximum atomic E-state index is 12.9. The number of halogens is 2. The fraction of sp³-hybridized carbons (Fsp3) is 0.278. The first-order valence-electron chi connectivity index (χ1n) is 8.20. The number of guanidine groups is 1. The lowest BCUT2D eigenvalue weighted by molar-refractivity contribution is 0.457. The van der Waals surface area contributed by atoms with Gasteiger partial charge in [0.1, 0.15) is 0 Å². The van der Waals surface area contributed by atoms with Crippen LogP contribution in [0.4, 0.5) is 14.7 Å². The minimum Gasteiger partial charge on any atom is -0.350 e. The highest BCUT2D eigenvalue weighted by Crippen LogP contribution is 2.07. The van der Waals surface area contributed by atoms with E-state index >= 15 is 0 Å². The maximum Gasteiger partial charge on any atom is 0.315 e. The second-order valence-corrected chi connectivity index (χ2v) is 5.95. The van der Waals surface area contributed by atoms with Gasteiger partial charge in [-0.2, -0.15) is 23.7 Å². The van der Waals surface area contributed by atoms with Crippen molar-refractivity contribution in [1.82, 2.24) is 20.3 Å². The fourth-order valence-electron chi connectivity index (χ4n) is 2.04. The van der Waals surface area contributed by atoms with Gasteiger partial charge in [-0.25, -0.2) is 9.98 Å². The predicted molar refractivity (Wildman–Crippen MR) is 101 cm³/mol. The van der Waals surface area contributed by atoms with Gasteiger partial charge in [-0.3, -0.25) is 0 Å². The van der Waals surface area contributed by atoms with Crippen LogP contribution in [0.2, 0.25) is 0 Å². The van der Waals surface area contributed by atoms with Crippen LogP contribution in [-0.4, -0.2) is 26.6 Å². The van der Waals surface area contributed by atoms with Gasteiger partial charge in [0, 0.05) is 24.5 Å². The summed E-state index contributed by atoms with van der Waals surface area (Å²) in [7, 11) is 0. The number of nitrogens with zero attached hydrogens (tertiary/aromatic N) is 5. The van der Waals surface area contributed by atoms with Crippen molar-refractivity contribution < 1.29 is 8.78 Å². The van der Waals surface area contributed by atoms with Crippen molar-refractivity contribution in [2.75, 3.05) is 5.32 Å². The van der Waals surface area contributed by atoms with Gasteiger partial charge in [0.15, 0.2) is 0 Å². The van der Waals surface area contributed by atoms with Crippen LogP contribution in [0.25, 0.3) is 0 Å². The summed E-state index contributed by atoms with van der Waals surface area (Å²) >= 11 is 0. The van der Waals surface area contributed by atoms with E-state index in [4.69, 9.17) is 0 Å². The van der Waals surface area contributed by atoms with Gasteiger partial charge >= 0.3 is 12.2 Å². The van der Waals surface area contributed by atoms with Crippen LogP contribution in [0.15, 0.2) is 46.5 Å². The number of aromatic nitrogens is 3. The van der Waals surface area contributed by atoms with Crippen molar-refractivity contribution in [3.05, 3.63) is 59.8 Å². The Morgan fingerprint density at radius 2 is 1.48 bits per heavy atom. The molecule has 7 nitrogen and oxygen atoms in total. The van der Waals surface area contributed by atoms with E-state index < -0.39 is 12.2 Å². The number of hydrogen-bond donors (Lipinski definition) is 2. The Labute approximate surface area is 156 Å². The van der Waals surface area contributed by atoms with E-state index in [2.05, 4.69) is 42.1 Å². The summed E-state index contributed by atoms with van der Waals surface area (Å²) in [4.78, 5) is 18.2. The number of rotatable bonds is 6. The van der Waals surface area contributed by atoms with Gasteiger partial charge in [-0.05, 0) is 31.9 Å². The Bertz CT molecular complexity index is 836. The third-order valence-electron chi connectivity index (χ3n) is 3.13. The first-order valence-corrected chi connectivity index (χ1v) is 8.20. The van der Waals surface area contributed by atoms with Crippen LogP contribution in [0, 0.1) is 12.2 Å². The minimum atomic E-state index is -1.16. The standard InChI is InChI=1S/C18H21F2N7/c1-11(2)23-17(24-12(3)4)21-9-13-5-7-14(8-6-13)10-22-18-26-15(19)25-16(20)27-18/h5-8H,1,9-10H2,2-4H3,(H,21,23)(H,22,25,26,27). The fourth-order valence-corrected chi connectivity index (χ4v) is 2.04. The first-order chi connectivity index (χ1) is 12.8. The van der Waals surface area contributed by atoms with Crippen LogP contribution in [-0.2, 0) is 13.1 Å². The van der Waals surface area contributed by atoms with E-state index in [0.29, 0.717) is 24.7 Å². The molecule has 0 atom stereocenters. The number of benzene rings is 1. The molecule has 0 amide bonds. The number of allylic oxidation sites excluding steroid dienone is 1. The van der Waals surface area contributed by atoms with Crippen molar-refractivity contribution in [2.24, 2.45) is 9.98 Å². The quantitative estimate of drug-likeness (QED) is 0.600. The van der Waals surface area contributed by atoms with Crippen LogP contribution < -0.4 is 10.6 Å². The lowest BCUT2D eigenvalue weighted by Gasteiger charge is -2.08. The highest BCUT2D eigenvalue weighted by Gasteiger charge is 2.05. The van der Waals surface area contributed by atoms with Gasteiger partial charge in [-0.15, -0.1) is 0 Å². The number of nitrogens with one attached hydrogen (secondary N) is 2. The van der Waals surface area contributed by atoms with Crippen molar-refractivity contribution in [1.29, 1.82) is 0 Å². The average Bonchev–Trinajstić information content (AvgIpc) is 2.57. The molecule has 2 rings (SSSR count). The van der Waals surface area contributed by atoms with Crippen LogP contribution in [0.3, 0.4) is 0 Å². The van der Waals surface area contributed by atoms with Gasteiger partial charge in [0.25, 0.3) is 0 Å². The zero-order chi connectivity index (χ0) is 19.8. The molecule has 9 heteroatoms. The molecule has 142 valence electrons. The normalized spacial score (nSPS) is 11.1. The predicted octanol–water partition coefficient (Wildman–Crippen LogP) is 3.22. The summed E-state index contributed by atoms with van der Waals surface area (Å²) < 4.78 is 25.9. The Hall–Kier alpha value is -3.23. The molecule has 0 saturated carbocycles. The monoisotopic (exact) mass is 373 g/mol. The van der Waals surface area contributed by atoms with E-state index in [-0.39, 0.29) is 5.95 Å². The molecule has 0 saturated heterocycles. The molecule has 2 aromatic rings. The Balaban J connectivity index is 1.94. The molecule has 2 N–H and O–H groups in total. The molecule has 1 aromatic carbocycles. The summed E-state index contributed by atoms with van der Waals surface area (Å²) in [5, 5.41) is 5.92. The van der Waals surface area contributed by atoms with E-state index in [9.17, 15) is 8.78 Å². The van der Waals surface area contributed by atoms with Gasteiger partial charge < -0.3 is 10.6 Å². The molecule has 0 aliphatic rings. The lowest BCUT2D eigenvalue weighted by Crippen LogP contribution is -2.22. The molecule has 1 aromatic heterocycles. The summed E-state index contributed by atoms with van der Waals surface area (Å²) in [5.41, 5.74) is 3.47. The van der Waals surface area contributed by atoms with E-state index in [1.54, 1.807) is 6.92 Å². The van der Waals surface area contributed by atoms with Crippen molar-refractivity contribution in [3.63, 3.8) is 0 Å². The largest absolute Gasteiger partial charge is 0.350 e. The van der Waals surface area contributed by atoms with Gasteiger partial charge in [0.05, 0.1) is 0 Å². The zero-order valence-electron chi connectivity index (χ0n) is 15.4. The molecule has 0 aliphatic heterocycles. The lowest BCUT2D eigenvalue weighted by atomic mass is 10.1. The maximum absolute atomic E-state index is 12.9. The number of anilines is 1. The molecular weight excluding hydrogens is 352 g/mol. The SMILES string of the molecule is C=C(C)/N=C(\N=C(C)C)NCc1ccc(CNc2nc(F)nc(F)n2)cc1. The molecular formula is C18H21F2N7. The second kappa shape index (κ2) is 9.46. The van der Waals surface area contributed by atoms with Gasteiger partial charge in [-0.1, -0.05) is 30.8 Å². The summed E-state index contributed by atoms with van der Waals surface area (Å²) in [6.07, 6.45) is -2.33. The highest BCUT2D eigenvalue weighted by atomic mass is 19.1. The van der Waals surface area contributed by atoms with Crippen LogP contribution in [0.5, 0.6) is 0 Å². The molecule has 1 heterocycles. The summed E-state index contributed by atoms with van der Waals surface area (Å²) in [5.74, 6) is 0.353. The molecule has 0 bridgehead atoms. The smallest absolute Gasteiger partial charge is 0.315 e. The van der Waals surface area contributed by atoms with E-state index in [1.807, 2.05) is 38.1 Å². The molecule has 0 unspecified atom stereocenters. The molecule has 0 aliphatic carbocycles. The van der Waals surface area contributed by atoms with Crippen molar-refractivity contribution in [2.45, 2.75) is 33.9 Å². The van der Waals surface area contributed by atoms with Crippen LogP contribution >= 0.6 is 0 Å². The topological polar surface area (TPSA) is 87.5 Å². The molecule has 0 spiro atoms. The average molecular weight is 373 g/mol. The van der Waals surface area contributed by atoms with Gasteiger partial charge in [0.2, 0.25) is 11.9 Å².